The number of carbonyl (C=O) groups is 2. The van der Waals surface area contributed by atoms with Crippen LogP contribution >= 0.6 is 11.8 Å². The maximum atomic E-state index is 12.6. The van der Waals surface area contributed by atoms with E-state index in [4.69, 9.17) is 9.26 Å². The summed E-state index contributed by atoms with van der Waals surface area (Å²) in [7, 11) is 0. The van der Waals surface area contributed by atoms with Crippen molar-refractivity contribution < 1.29 is 18.8 Å². The number of aromatic nitrogens is 1. The number of thioether (sulfide) groups is 1. The van der Waals surface area contributed by atoms with Crippen LogP contribution in [0.1, 0.15) is 60.8 Å². The zero-order valence-corrected chi connectivity index (χ0v) is 17.1. The van der Waals surface area contributed by atoms with E-state index in [0.717, 1.165) is 42.0 Å². The van der Waals surface area contributed by atoms with E-state index in [1.807, 2.05) is 25.1 Å². The summed E-state index contributed by atoms with van der Waals surface area (Å²) in [6.07, 6.45) is 4.65. The second-order valence-electron chi connectivity index (χ2n) is 7.10. The first-order chi connectivity index (χ1) is 13.5. The third-order valence-electron chi connectivity index (χ3n) is 4.76. The molecular weight excluding hydrogens is 376 g/mol. The molecule has 1 amide bonds. The summed E-state index contributed by atoms with van der Waals surface area (Å²) in [4.78, 5) is 25.8. The molecule has 1 heterocycles. The monoisotopic (exact) mass is 402 g/mol. The molecule has 0 aliphatic heterocycles. The Morgan fingerprint density at radius 2 is 2.04 bits per heavy atom. The van der Waals surface area contributed by atoms with Gasteiger partial charge in [0.05, 0.1) is 11.3 Å². The standard InChI is InChI=1S/C21H26N2O4S/c1-14-12-17(23-27-14)13-28-19-11-7-6-10-18(19)21(25)26-15(2)20(24)22-16-8-4-3-5-9-16/h6-7,10-12,15-16H,3-5,8-9,13H2,1-2H3,(H,22,24)/t15-/m0/s1. The van der Waals surface area contributed by atoms with Gasteiger partial charge in [-0.05, 0) is 38.8 Å². The van der Waals surface area contributed by atoms with E-state index in [9.17, 15) is 9.59 Å². The third kappa shape index (κ3) is 5.61. The highest BCUT2D eigenvalue weighted by Gasteiger charge is 2.24. The zero-order valence-electron chi connectivity index (χ0n) is 16.3. The van der Waals surface area contributed by atoms with Gasteiger partial charge in [-0.15, -0.1) is 11.8 Å². The highest BCUT2D eigenvalue weighted by atomic mass is 32.2. The molecule has 1 aliphatic rings. The maximum absolute atomic E-state index is 12.6. The predicted molar refractivity (Wildman–Crippen MR) is 107 cm³/mol. The molecule has 3 rings (SSSR count). The van der Waals surface area contributed by atoms with Gasteiger partial charge in [-0.1, -0.05) is 36.6 Å². The minimum atomic E-state index is -0.828. The van der Waals surface area contributed by atoms with Crippen molar-refractivity contribution in [2.45, 2.75) is 68.7 Å². The average Bonchev–Trinajstić information content (AvgIpc) is 3.12. The molecule has 0 spiro atoms. The third-order valence-corrected chi connectivity index (χ3v) is 5.87. The Hall–Kier alpha value is -2.28. The highest BCUT2D eigenvalue weighted by Crippen LogP contribution is 2.27. The summed E-state index contributed by atoms with van der Waals surface area (Å²) < 4.78 is 10.5. The van der Waals surface area contributed by atoms with Crippen molar-refractivity contribution in [3.63, 3.8) is 0 Å². The maximum Gasteiger partial charge on any atom is 0.340 e. The average molecular weight is 403 g/mol. The molecule has 6 nitrogen and oxygen atoms in total. The first-order valence-electron chi connectivity index (χ1n) is 9.68. The van der Waals surface area contributed by atoms with Crippen LogP contribution in [0.4, 0.5) is 0 Å². The Kier molecular flexibility index (Phi) is 7.14. The van der Waals surface area contributed by atoms with Crippen LogP contribution in [0.15, 0.2) is 39.8 Å². The van der Waals surface area contributed by atoms with Gasteiger partial charge in [0.25, 0.3) is 5.91 Å². The predicted octanol–water partition coefficient (Wildman–Crippen LogP) is 4.27. The second kappa shape index (κ2) is 9.78. The Morgan fingerprint density at radius 1 is 1.29 bits per heavy atom. The number of ether oxygens (including phenoxy) is 1. The molecule has 1 fully saturated rings. The van der Waals surface area contributed by atoms with Gasteiger partial charge in [0.15, 0.2) is 6.10 Å². The lowest BCUT2D eigenvalue weighted by molar-refractivity contribution is -0.130. The SMILES string of the molecule is Cc1cc(CSc2ccccc2C(=O)O[C@@H](C)C(=O)NC2CCCCC2)no1. The van der Waals surface area contributed by atoms with Crippen LogP contribution < -0.4 is 5.32 Å². The van der Waals surface area contributed by atoms with Gasteiger partial charge in [0, 0.05) is 22.8 Å². The number of esters is 1. The van der Waals surface area contributed by atoms with Crippen molar-refractivity contribution in [1.29, 1.82) is 0 Å². The normalized spacial score (nSPS) is 15.8. The molecule has 28 heavy (non-hydrogen) atoms. The Morgan fingerprint density at radius 3 is 2.75 bits per heavy atom. The number of benzene rings is 1. The Labute approximate surface area is 169 Å². The van der Waals surface area contributed by atoms with Gasteiger partial charge in [0.2, 0.25) is 0 Å². The van der Waals surface area contributed by atoms with Crippen LogP contribution in [0.25, 0.3) is 0 Å². The van der Waals surface area contributed by atoms with Crippen molar-refractivity contribution >= 4 is 23.6 Å². The molecule has 150 valence electrons. The number of nitrogens with zero attached hydrogens (tertiary/aromatic N) is 1. The van der Waals surface area contributed by atoms with Crippen molar-refractivity contribution in [1.82, 2.24) is 10.5 Å². The van der Waals surface area contributed by atoms with Crippen LogP contribution in [-0.2, 0) is 15.3 Å². The minimum Gasteiger partial charge on any atom is -0.449 e. The number of amides is 1. The quantitative estimate of drug-likeness (QED) is 0.550. The summed E-state index contributed by atoms with van der Waals surface area (Å²) >= 11 is 1.48. The molecule has 0 unspecified atom stereocenters. The minimum absolute atomic E-state index is 0.191. The fourth-order valence-corrected chi connectivity index (χ4v) is 4.16. The molecule has 1 atom stereocenters. The van der Waals surface area contributed by atoms with E-state index in [-0.39, 0.29) is 11.9 Å². The largest absolute Gasteiger partial charge is 0.449 e. The van der Waals surface area contributed by atoms with Crippen molar-refractivity contribution in [3.05, 3.63) is 47.3 Å². The molecule has 1 aromatic heterocycles. The fourth-order valence-electron chi connectivity index (χ4n) is 3.24. The first kappa shape index (κ1) is 20.5. The molecule has 1 aliphatic carbocycles. The van der Waals surface area contributed by atoms with Crippen molar-refractivity contribution in [3.8, 4) is 0 Å². The molecule has 1 saturated carbocycles. The highest BCUT2D eigenvalue weighted by molar-refractivity contribution is 7.98. The van der Waals surface area contributed by atoms with Crippen molar-refractivity contribution in [2.24, 2.45) is 0 Å². The van der Waals surface area contributed by atoms with E-state index in [1.165, 1.54) is 18.2 Å². The molecular formula is C21H26N2O4S. The first-order valence-corrected chi connectivity index (χ1v) is 10.7. The fraction of sp³-hybridized carbons (Fsp3) is 0.476. The molecule has 1 N–H and O–H groups in total. The smallest absolute Gasteiger partial charge is 0.340 e. The van der Waals surface area contributed by atoms with Crippen LogP contribution in [-0.4, -0.2) is 29.2 Å². The number of rotatable bonds is 7. The molecule has 0 radical (unpaired) electrons. The molecule has 1 aromatic carbocycles. The lowest BCUT2D eigenvalue weighted by Crippen LogP contribution is -2.42. The summed E-state index contributed by atoms with van der Waals surface area (Å²) in [5.74, 6) is 0.606. The summed E-state index contributed by atoms with van der Waals surface area (Å²) in [6, 6.07) is 9.29. The topological polar surface area (TPSA) is 81.4 Å². The number of hydrogen-bond donors (Lipinski definition) is 1. The van der Waals surface area contributed by atoms with Crippen LogP contribution in [0, 0.1) is 6.92 Å². The molecule has 7 heteroatoms. The summed E-state index contributed by atoms with van der Waals surface area (Å²) in [5.41, 5.74) is 1.26. The van der Waals surface area contributed by atoms with E-state index >= 15 is 0 Å². The number of nitrogens with one attached hydrogen (secondary N) is 1. The van der Waals surface area contributed by atoms with E-state index < -0.39 is 12.1 Å². The van der Waals surface area contributed by atoms with Crippen LogP contribution in [0.2, 0.25) is 0 Å². The van der Waals surface area contributed by atoms with E-state index in [2.05, 4.69) is 10.5 Å². The van der Waals surface area contributed by atoms with Crippen molar-refractivity contribution in [2.75, 3.05) is 0 Å². The summed E-state index contributed by atoms with van der Waals surface area (Å²) in [5, 5.41) is 6.97. The van der Waals surface area contributed by atoms with Gasteiger partial charge < -0.3 is 14.6 Å². The van der Waals surface area contributed by atoms with Crippen LogP contribution in [0.3, 0.4) is 0 Å². The molecule has 0 saturated heterocycles. The Balaban J connectivity index is 1.57. The lowest BCUT2D eigenvalue weighted by atomic mass is 9.95. The number of aryl methyl sites for hydroxylation is 1. The zero-order chi connectivity index (χ0) is 19.9. The second-order valence-corrected chi connectivity index (χ2v) is 8.12. The van der Waals surface area contributed by atoms with Crippen LogP contribution in [0.5, 0.6) is 0 Å². The number of carbonyl (C=O) groups excluding carboxylic acids is 2. The lowest BCUT2D eigenvalue weighted by Gasteiger charge is -2.24. The summed E-state index contributed by atoms with van der Waals surface area (Å²) in [6.45, 7) is 3.45. The van der Waals surface area contributed by atoms with E-state index in [1.54, 1.807) is 19.1 Å². The van der Waals surface area contributed by atoms with Gasteiger partial charge in [-0.2, -0.15) is 0 Å². The molecule has 2 aromatic rings. The van der Waals surface area contributed by atoms with Gasteiger partial charge in [-0.3, -0.25) is 4.79 Å². The van der Waals surface area contributed by atoms with Gasteiger partial charge in [0.1, 0.15) is 5.76 Å². The van der Waals surface area contributed by atoms with Gasteiger partial charge in [-0.25, -0.2) is 4.79 Å². The number of hydrogen-bond acceptors (Lipinski definition) is 6. The Bertz CT molecular complexity index is 814. The van der Waals surface area contributed by atoms with Gasteiger partial charge >= 0.3 is 5.97 Å². The molecule has 0 bridgehead atoms. The van der Waals surface area contributed by atoms with E-state index in [0.29, 0.717) is 11.3 Å².